The third-order valence-electron chi connectivity index (χ3n) is 2.43. The van der Waals surface area contributed by atoms with Crippen molar-refractivity contribution in [3.05, 3.63) is 28.8 Å². The van der Waals surface area contributed by atoms with Crippen molar-refractivity contribution in [2.45, 2.75) is 26.3 Å². The number of hydrogen-bond acceptors (Lipinski definition) is 4. The Morgan fingerprint density at radius 1 is 1.23 bits per heavy atom. The molecule has 0 unspecified atom stereocenters. The molecule has 0 bridgehead atoms. The highest BCUT2D eigenvalue weighted by atomic mass is 35.5. The average Bonchev–Trinajstić information content (AvgIpc) is 2.34. The molecule has 1 aromatic rings. The van der Waals surface area contributed by atoms with E-state index in [0.717, 1.165) is 0 Å². The Morgan fingerprint density at radius 2 is 1.86 bits per heavy atom. The van der Waals surface area contributed by atoms with E-state index in [-0.39, 0.29) is 12.1 Å². The van der Waals surface area contributed by atoms with Gasteiger partial charge in [0.25, 0.3) is 5.91 Å². The van der Waals surface area contributed by atoms with Gasteiger partial charge >= 0.3 is 6.03 Å². The van der Waals surface area contributed by atoms with Crippen molar-refractivity contribution in [2.24, 2.45) is 5.73 Å². The number of anilines is 1. The minimum absolute atomic E-state index is 0.166. The van der Waals surface area contributed by atoms with Gasteiger partial charge in [0.2, 0.25) is 5.91 Å². The summed E-state index contributed by atoms with van der Waals surface area (Å²) in [5.74, 6) is -1.22. The second-order valence-corrected chi connectivity index (χ2v) is 6.10. The SMILES string of the molecule is CC(C)(C)NC(=O)NC(=O)CNc1ccc(Cl)cc1C(N)=O. The van der Waals surface area contributed by atoms with E-state index in [1.165, 1.54) is 12.1 Å². The molecule has 0 fully saturated rings. The number of nitrogens with one attached hydrogen (secondary N) is 3. The molecule has 0 saturated heterocycles. The zero-order chi connectivity index (χ0) is 16.9. The van der Waals surface area contributed by atoms with Gasteiger partial charge in [-0.3, -0.25) is 14.9 Å². The molecule has 0 saturated carbocycles. The van der Waals surface area contributed by atoms with Crippen LogP contribution in [0.1, 0.15) is 31.1 Å². The van der Waals surface area contributed by atoms with E-state index in [1.54, 1.807) is 26.8 Å². The van der Waals surface area contributed by atoms with Gasteiger partial charge < -0.3 is 16.4 Å². The number of rotatable bonds is 4. The van der Waals surface area contributed by atoms with Crippen LogP contribution in [0.5, 0.6) is 0 Å². The number of halogens is 1. The summed E-state index contributed by atoms with van der Waals surface area (Å²) in [7, 11) is 0. The van der Waals surface area contributed by atoms with Crippen molar-refractivity contribution in [2.75, 3.05) is 11.9 Å². The zero-order valence-electron chi connectivity index (χ0n) is 12.6. The van der Waals surface area contributed by atoms with Crippen molar-refractivity contribution in [1.82, 2.24) is 10.6 Å². The number of amides is 4. The van der Waals surface area contributed by atoms with E-state index >= 15 is 0 Å². The molecule has 7 nitrogen and oxygen atoms in total. The predicted octanol–water partition coefficient (Wildman–Crippen LogP) is 1.48. The Labute approximate surface area is 133 Å². The van der Waals surface area contributed by atoms with E-state index in [0.29, 0.717) is 10.7 Å². The molecule has 8 heteroatoms. The fourth-order valence-corrected chi connectivity index (χ4v) is 1.76. The highest BCUT2D eigenvalue weighted by molar-refractivity contribution is 6.31. The van der Waals surface area contributed by atoms with Gasteiger partial charge in [0.05, 0.1) is 12.1 Å². The van der Waals surface area contributed by atoms with E-state index < -0.39 is 23.4 Å². The standard InChI is InChI=1S/C14H19ClN4O3/c1-14(2,3)19-13(22)18-11(20)7-17-10-5-4-8(15)6-9(10)12(16)21/h4-6,17H,7H2,1-3H3,(H2,16,21)(H2,18,19,20,22). The number of imide groups is 1. The van der Waals surface area contributed by atoms with Gasteiger partial charge in [0, 0.05) is 16.2 Å². The Bertz CT molecular complexity index is 596. The molecule has 0 atom stereocenters. The Morgan fingerprint density at radius 3 is 2.41 bits per heavy atom. The highest BCUT2D eigenvalue weighted by Crippen LogP contribution is 2.19. The topological polar surface area (TPSA) is 113 Å². The normalized spacial score (nSPS) is 10.7. The zero-order valence-corrected chi connectivity index (χ0v) is 13.4. The lowest BCUT2D eigenvalue weighted by atomic mass is 10.1. The molecule has 1 aromatic carbocycles. The Hall–Kier alpha value is -2.28. The van der Waals surface area contributed by atoms with Crippen LogP contribution in [0.4, 0.5) is 10.5 Å². The molecule has 1 rings (SSSR count). The minimum Gasteiger partial charge on any atom is -0.375 e. The van der Waals surface area contributed by atoms with E-state index in [1.807, 2.05) is 0 Å². The average molecular weight is 327 g/mol. The first-order chi connectivity index (χ1) is 10.1. The lowest BCUT2D eigenvalue weighted by Crippen LogP contribution is -2.49. The smallest absolute Gasteiger partial charge is 0.321 e. The number of nitrogens with two attached hydrogens (primary N) is 1. The summed E-state index contributed by atoms with van der Waals surface area (Å²) in [6.45, 7) is 5.19. The maximum Gasteiger partial charge on any atom is 0.321 e. The monoisotopic (exact) mass is 326 g/mol. The van der Waals surface area contributed by atoms with Crippen LogP contribution in [-0.4, -0.2) is 29.9 Å². The summed E-state index contributed by atoms with van der Waals surface area (Å²) >= 11 is 5.79. The number of carbonyl (C=O) groups excluding carboxylic acids is 3. The van der Waals surface area contributed by atoms with E-state index in [4.69, 9.17) is 17.3 Å². The fourth-order valence-electron chi connectivity index (χ4n) is 1.59. The Kier molecular flexibility index (Phi) is 5.76. The van der Waals surface area contributed by atoms with Crippen LogP contribution in [0.3, 0.4) is 0 Å². The molecular weight excluding hydrogens is 308 g/mol. The van der Waals surface area contributed by atoms with Crippen molar-refractivity contribution < 1.29 is 14.4 Å². The first-order valence-electron chi connectivity index (χ1n) is 6.54. The first-order valence-corrected chi connectivity index (χ1v) is 6.91. The summed E-state index contributed by atoms with van der Waals surface area (Å²) in [6.07, 6.45) is 0. The van der Waals surface area contributed by atoms with Crippen LogP contribution in [-0.2, 0) is 4.79 Å². The predicted molar refractivity (Wildman–Crippen MR) is 84.9 cm³/mol. The quantitative estimate of drug-likeness (QED) is 0.671. The minimum atomic E-state index is -0.670. The number of hydrogen-bond donors (Lipinski definition) is 4. The van der Waals surface area contributed by atoms with Gasteiger partial charge in [-0.1, -0.05) is 11.6 Å². The van der Waals surface area contributed by atoms with Crippen LogP contribution in [0.15, 0.2) is 18.2 Å². The maximum atomic E-state index is 11.7. The van der Waals surface area contributed by atoms with Gasteiger partial charge in [-0.05, 0) is 39.0 Å². The summed E-state index contributed by atoms with van der Waals surface area (Å²) in [4.78, 5) is 34.5. The van der Waals surface area contributed by atoms with Crippen LogP contribution in [0.2, 0.25) is 5.02 Å². The summed E-state index contributed by atoms with van der Waals surface area (Å²) < 4.78 is 0. The largest absolute Gasteiger partial charge is 0.375 e. The van der Waals surface area contributed by atoms with Crippen molar-refractivity contribution in [1.29, 1.82) is 0 Å². The lowest BCUT2D eigenvalue weighted by Gasteiger charge is -2.20. The molecule has 0 radical (unpaired) electrons. The van der Waals surface area contributed by atoms with Gasteiger partial charge in [-0.15, -0.1) is 0 Å². The van der Waals surface area contributed by atoms with Crippen LogP contribution < -0.4 is 21.7 Å². The van der Waals surface area contributed by atoms with Crippen molar-refractivity contribution in [3.63, 3.8) is 0 Å². The van der Waals surface area contributed by atoms with Gasteiger partial charge in [-0.25, -0.2) is 4.79 Å². The molecular formula is C14H19ClN4O3. The van der Waals surface area contributed by atoms with Crippen LogP contribution in [0, 0.1) is 0 Å². The molecule has 22 heavy (non-hydrogen) atoms. The van der Waals surface area contributed by atoms with Crippen LogP contribution in [0.25, 0.3) is 0 Å². The first kappa shape index (κ1) is 17.8. The number of primary amides is 1. The van der Waals surface area contributed by atoms with Gasteiger partial charge in [0.1, 0.15) is 0 Å². The molecule has 4 amide bonds. The third kappa shape index (κ3) is 6.01. The van der Waals surface area contributed by atoms with E-state index in [9.17, 15) is 14.4 Å². The molecule has 0 aliphatic heterocycles. The van der Waals surface area contributed by atoms with Gasteiger partial charge in [0.15, 0.2) is 0 Å². The van der Waals surface area contributed by atoms with Crippen molar-refractivity contribution >= 4 is 35.1 Å². The maximum absolute atomic E-state index is 11.7. The molecule has 0 aliphatic carbocycles. The lowest BCUT2D eigenvalue weighted by molar-refractivity contribution is -0.118. The highest BCUT2D eigenvalue weighted by Gasteiger charge is 2.16. The van der Waals surface area contributed by atoms with Gasteiger partial charge in [-0.2, -0.15) is 0 Å². The summed E-state index contributed by atoms with van der Waals surface area (Å²) in [6, 6.07) is 3.90. The molecule has 0 aliphatic rings. The molecule has 0 spiro atoms. The second-order valence-electron chi connectivity index (χ2n) is 5.66. The number of benzene rings is 1. The summed E-state index contributed by atoms with van der Waals surface area (Å²) in [5, 5.41) is 7.86. The third-order valence-corrected chi connectivity index (χ3v) is 2.66. The van der Waals surface area contributed by atoms with E-state index in [2.05, 4.69) is 16.0 Å². The van der Waals surface area contributed by atoms with Crippen LogP contribution >= 0.6 is 11.6 Å². The van der Waals surface area contributed by atoms with Crippen molar-refractivity contribution in [3.8, 4) is 0 Å². The number of urea groups is 1. The summed E-state index contributed by atoms with van der Waals surface area (Å²) in [5.41, 5.74) is 5.32. The number of carbonyl (C=O) groups is 3. The molecule has 0 aromatic heterocycles. The fraction of sp³-hybridized carbons (Fsp3) is 0.357. The molecule has 120 valence electrons. The molecule has 0 heterocycles. The Balaban J connectivity index is 2.62. The molecule has 5 N–H and O–H groups in total. The second kappa shape index (κ2) is 7.13.